The lowest BCUT2D eigenvalue weighted by atomic mass is 9.92. The number of aliphatic hydroxyl groups excluding tert-OH is 2. The van der Waals surface area contributed by atoms with Crippen molar-refractivity contribution in [1.82, 2.24) is 0 Å². The van der Waals surface area contributed by atoms with Crippen LogP contribution in [0, 0.1) is 11.8 Å². The maximum absolute atomic E-state index is 10.8. The Bertz CT molecular complexity index is 355. The van der Waals surface area contributed by atoms with Crippen molar-refractivity contribution >= 4 is 11.9 Å². The molecule has 21 heavy (non-hydrogen) atoms. The Kier molecular flexibility index (Phi) is 6.61. The fourth-order valence-electron chi connectivity index (χ4n) is 2.42. The van der Waals surface area contributed by atoms with E-state index < -0.39 is 12.2 Å². The summed E-state index contributed by atoms with van der Waals surface area (Å²) in [5, 5.41) is 18.6. The molecule has 6 unspecified atom stereocenters. The molecule has 0 saturated carbocycles. The van der Waals surface area contributed by atoms with Crippen LogP contribution in [0.15, 0.2) is 0 Å². The first kappa shape index (κ1) is 17.9. The van der Waals surface area contributed by atoms with Gasteiger partial charge in [-0.1, -0.05) is 20.8 Å². The molecule has 6 atom stereocenters. The minimum Gasteiger partial charge on any atom is -0.462 e. The fourth-order valence-corrected chi connectivity index (χ4v) is 2.42. The standard InChI is InChI=1S/C8H14O3.C7H12O3/c1-3-7-5(2)6(9)4-8(10)11-7;1-4-5(2)10-7(9)3-6(4)8/h5-7,9H,3-4H2,1-2H3;4-6,8H,3H2,1-2H3. The molecule has 122 valence electrons. The summed E-state index contributed by atoms with van der Waals surface area (Å²) in [5.74, 6) is -0.420. The van der Waals surface area contributed by atoms with Gasteiger partial charge in [-0.05, 0) is 13.3 Å². The van der Waals surface area contributed by atoms with Crippen molar-refractivity contribution in [1.29, 1.82) is 0 Å². The van der Waals surface area contributed by atoms with Crippen LogP contribution in [0.1, 0.15) is 47.0 Å². The molecule has 2 aliphatic heterocycles. The number of hydrogen-bond acceptors (Lipinski definition) is 6. The number of ether oxygens (including phenoxy) is 2. The van der Waals surface area contributed by atoms with Crippen LogP contribution in [0.25, 0.3) is 0 Å². The van der Waals surface area contributed by atoms with E-state index in [0.717, 1.165) is 6.42 Å². The van der Waals surface area contributed by atoms with E-state index in [0.29, 0.717) is 0 Å². The monoisotopic (exact) mass is 302 g/mol. The first-order chi connectivity index (χ1) is 9.76. The summed E-state index contributed by atoms with van der Waals surface area (Å²) in [6.45, 7) is 7.53. The quantitative estimate of drug-likeness (QED) is 0.703. The lowest BCUT2D eigenvalue weighted by molar-refractivity contribution is -0.167. The molecule has 6 nitrogen and oxygen atoms in total. The molecular formula is C15H26O6. The van der Waals surface area contributed by atoms with Crippen LogP contribution in [-0.4, -0.2) is 46.6 Å². The Hall–Kier alpha value is -1.14. The zero-order valence-corrected chi connectivity index (χ0v) is 13.1. The maximum atomic E-state index is 10.8. The topological polar surface area (TPSA) is 93.1 Å². The Labute approximate surface area is 125 Å². The van der Waals surface area contributed by atoms with Crippen molar-refractivity contribution in [3.63, 3.8) is 0 Å². The van der Waals surface area contributed by atoms with E-state index in [2.05, 4.69) is 0 Å². The molecule has 0 amide bonds. The molecule has 2 fully saturated rings. The van der Waals surface area contributed by atoms with Gasteiger partial charge in [0.15, 0.2) is 0 Å². The van der Waals surface area contributed by atoms with Gasteiger partial charge in [0.2, 0.25) is 0 Å². The van der Waals surface area contributed by atoms with E-state index in [1.807, 2.05) is 20.8 Å². The zero-order chi connectivity index (χ0) is 16.2. The highest BCUT2D eigenvalue weighted by molar-refractivity contribution is 5.71. The van der Waals surface area contributed by atoms with Gasteiger partial charge in [0.25, 0.3) is 0 Å². The Morgan fingerprint density at radius 2 is 1.43 bits per heavy atom. The second kappa shape index (κ2) is 7.75. The van der Waals surface area contributed by atoms with Crippen LogP contribution in [0.5, 0.6) is 0 Å². The second-order valence-corrected chi connectivity index (χ2v) is 5.89. The lowest BCUT2D eigenvalue weighted by Crippen LogP contribution is -2.40. The number of aliphatic hydroxyl groups is 2. The number of hydrogen-bond donors (Lipinski definition) is 2. The third-order valence-electron chi connectivity index (χ3n) is 4.29. The number of rotatable bonds is 1. The molecule has 0 aliphatic carbocycles. The first-order valence-electron chi connectivity index (χ1n) is 7.51. The van der Waals surface area contributed by atoms with Gasteiger partial charge in [-0.2, -0.15) is 0 Å². The van der Waals surface area contributed by atoms with E-state index in [4.69, 9.17) is 9.47 Å². The summed E-state index contributed by atoms with van der Waals surface area (Å²) in [6, 6.07) is 0. The molecule has 0 bridgehead atoms. The normalized spacial score (nSPS) is 39.7. The van der Waals surface area contributed by atoms with Gasteiger partial charge in [-0.15, -0.1) is 0 Å². The molecule has 2 heterocycles. The SMILES string of the molecule is CC1OC(=O)CC(O)C1C.CCC1OC(=O)CC(O)C1C. The van der Waals surface area contributed by atoms with Crippen molar-refractivity contribution < 1.29 is 29.3 Å². The van der Waals surface area contributed by atoms with E-state index in [9.17, 15) is 19.8 Å². The molecule has 2 N–H and O–H groups in total. The minimum absolute atomic E-state index is 0.0673. The maximum Gasteiger partial charge on any atom is 0.308 e. The van der Waals surface area contributed by atoms with Crippen LogP contribution < -0.4 is 0 Å². The minimum atomic E-state index is -0.517. The summed E-state index contributed by atoms with van der Waals surface area (Å²) in [6.07, 6.45) is -0.187. The van der Waals surface area contributed by atoms with Crippen LogP contribution in [-0.2, 0) is 19.1 Å². The molecule has 0 spiro atoms. The third-order valence-corrected chi connectivity index (χ3v) is 4.29. The van der Waals surface area contributed by atoms with Gasteiger partial charge in [0.1, 0.15) is 12.2 Å². The number of carbonyl (C=O) groups is 2. The lowest BCUT2D eigenvalue weighted by Gasteiger charge is -2.31. The van der Waals surface area contributed by atoms with Crippen molar-refractivity contribution in [3.05, 3.63) is 0 Å². The van der Waals surface area contributed by atoms with Gasteiger partial charge < -0.3 is 19.7 Å². The molecule has 0 radical (unpaired) electrons. The average Bonchev–Trinajstić information content (AvgIpc) is 2.40. The highest BCUT2D eigenvalue weighted by atomic mass is 16.6. The summed E-state index contributed by atoms with van der Waals surface area (Å²) in [5.41, 5.74) is 0. The molecule has 0 aromatic heterocycles. The smallest absolute Gasteiger partial charge is 0.308 e. The second-order valence-electron chi connectivity index (χ2n) is 5.89. The number of cyclic esters (lactones) is 2. The summed E-state index contributed by atoms with van der Waals surface area (Å²) < 4.78 is 9.89. The molecule has 6 heteroatoms. The van der Waals surface area contributed by atoms with Crippen molar-refractivity contribution in [3.8, 4) is 0 Å². The summed E-state index contributed by atoms with van der Waals surface area (Å²) in [4.78, 5) is 21.5. The van der Waals surface area contributed by atoms with E-state index in [-0.39, 0.29) is 48.8 Å². The molecule has 2 saturated heterocycles. The van der Waals surface area contributed by atoms with Crippen LogP contribution in [0.3, 0.4) is 0 Å². The van der Waals surface area contributed by atoms with E-state index >= 15 is 0 Å². The summed E-state index contributed by atoms with van der Waals surface area (Å²) >= 11 is 0. The predicted molar refractivity (Wildman–Crippen MR) is 75.3 cm³/mol. The largest absolute Gasteiger partial charge is 0.462 e. The molecular weight excluding hydrogens is 276 g/mol. The van der Waals surface area contributed by atoms with Gasteiger partial charge >= 0.3 is 11.9 Å². The van der Waals surface area contributed by atoms with Crippen LogP contribution in [0.4, 0.5) is 0 Å². The fraction of sp³-hybridized carbons (Fsp3) is 0.867. The van der Waals surface area contributed by atoms with Crippen LogP contribution in [0.2, 0.25) is 0 Å². The number of esters is 2. The summed E-state index contributed by atoms with van der Waals surface area (Å²) in [7, 11) is 0. The van der Waals surface area contributed by atoms with Gasteiger partial charge in [-0.3, -0.25) is 9.59 Å². The highest BCUT2D eigenvalue weighted by Crippen LogP contribution is 2.23. The van der Waals surface area contributed by atoms with E-state index in [1.54, 1.807) is 6.92 Å². The number of carbonyl (C=O) groups excluding carboxylic acids is 2. The van der Waals surface area contributed by atoms with Crippen molar-refractivity contribution in [2.75, 3.05) is 0 Å². The third kappa shape index (κ3) is 4.97. The van der Waals surface area contributed by atoms with Gasteiger partial charge in [-0.25, -0.2) is 0 Å². The Morgan fingerprint density at radius 3 is 1.90 bits per heavy atom. The van der Waals surface area contributed by atoms with Gasteiger partial charge in [0.05, 0.1) is 25.0 Å². The van der Waals surface area contributed by atoms with E-state index in [1.165, 1.54) is 0 Å². The van der Waals surface area contributed by atoms with Crippen molar-refractivity contribution in [2.24, 2.45) is 11.8 Å². The zero-order valence-electron chi connectivity index (χ0n) is 13.1. The molecule has 2 aliphatic rings. The van der Waals surface area contributed by atoms with Gasteiger partial charge in [0, 0.05) is 11.8 Å². The Balaban J connectivity index is 0.000000211. The predicted octanol–water partition coefficient (Wildman–Crippen LogP) is 1.03. The van der Waals surface area contributed by atoms with Crippen LogP contribution >= 0.6 is 0 Å². The molecule has 0 aromatic rings. The molecule has 2 rings (SSSR count). The molecule has 0 aromatic carbocycles. The van der Waals surface area contributed by atoms with Crippen molar-refractivity contribution in [2.45, 2.75) is 71.4 Å². The Morgan fingerprint density at radius 1 is 0.952 bits per heavy atom. The first-order valence-corrected chi connectivity index (χ1v) is 7.51. The highest BCUT2D eigenvalue weighted by Gasteiger charge is 2.33. The average molecular weight is 302 g/mol.